The van der Waals surface area contributed by atoms with E-state index in [0.29, 0.717) is 5.84 Å². The van der Waals surface area contributed by atoms with Gasteiger partial charge in [-0.2, -0.15) is 0 Å². The molecule has 9 aromatic carbocycles. The van der Waals surface area contributed by atoms with Crippen LogP contribution >= 0.6 is 0 Å². The van der Waals surface area contributed by atoms with E-state index in [0.717, 1.165) is 83.2 Å². The third-order valence-electron chi connectivity index (χ3n) is 14.1. The Balaban J connectivity index is 0.903. The van der Waals surface area contributed by atoms with E-state index in [9.17, 15) is 0 Å². The van der Waals surface area contributed by atoms with Crippen LogP contribution in [-0.4, -0.2) is 16.2 Å². The second-order valence-corrected chi connectivity index (χ2v) is 18.1. The number of fused-ring (bicyclic) bond motifs is 12. The highest BCUT2D eigenvalue weighted by Crippen LogP contribution is 2.49. The molecule has 1 atom stereocenters. The van der Waals surface area contributed by atoms with E-state index in [1.165, 1.54) is 44.1 Å². The number of rotatable bonds is 5. The average molecular weight is 849 g/mol. The molecule has 1 aliphatic heterocycles. The molecule has 1 N–H and O–H groups in total. The summed E-state index contributed by atoms with van der Waals surface area (Å²) in [6.07, 6.45) is -0.349. The molecule has 0 fully saturated rings. The van der Waals surface area contributed by atoms with Gasteiger partial charge in [-0.15, -0.1) is 0 Å². The zero-order chi connectivity index (χ0) is 43.7. The van der Waals surface area contributed by atoms with Crippen LogP contribution in [0.2, 0.25) is 0 Å². The van der Waals surface area contributed by atoms with E-state index >= 15 is 0 Å². The maximum absolute atomic E-state index is 6.70. The van der Waals surface area contributed by atoms with Crippen molar-refractivity contribution in [1.29, 1.82) is 0 Å². The minimum absolute atomic E-state index is 0.150. The third-order valence-corrected chi connectivity index (χ3v) is 14.1. The topological polar surface area (TPSA) is 68.0 Å². The van der Waals surface area contributed by atoms with Gasteiger partial charge in [0.2, 0.25) is 0 Å². The highest BCUT2D eigenvalue weighted by atomic mass is 16.3. The molecule has 6 nitrogen and oxygen atoms in total. The van der Waals surface area contributed by atoms with Crippen LogP contribution in [0.5, 0.6) is 0 Å². The van der Waals surface area contributed by atoms with Gasteiger partial charge in [-0.25, -0.2) is 9.98 Å². The number of para-hydroxylation sites is 2. The Morgan fingerprint density at radius 2 is 1.12 bits per heavy atom. The Hall–Kier alpha value is -8.48. The molecule has 0 radical (unpaired) electrons. The lowest BCUT2D eigenvalue weighted by Gasteiger charge is -2.25. The van der Waals surface area contributed by atoms with Gasteiger partial charge in [0, 0.05) is 60.6 Å². The fourth-order valence-corrected chi connectivity index (χ4v) is 11.0. The number of aliphatic imine (C=N–C) groups is 2. The number of nitrogens with zero attached hydrogens (tertiary/aromatic N) is 3. The largest absolute Gasteiger partial charge is 0.456 e. The van der Waals surface area contributed by atoms with E-state index in [4.69, 9.17) is 18.8 Å². The van der Waals surface area contributed by atoms with Gasteiger partial charge in [-0.1, -0.05) is 147 Å². The minimum Gasteiger partial charge on any atom is -0.456 e. The number of hydrogen-bond donors (Lipinski definition) is 1. The average Bonchev–Trinajstić information content (AvgIpc) is 4.10. The van der Waals surface area contributed by atoms with Gasteiger partial charge in [0.25, 0.3) is 0 Å². The van der Waals surface area contributed by atoms with Crippen LogP contribution in [-0.2, 0) is 5.41 Å². The highest BCUT2D eigenvalue weighted by molar-refractivity contribution is 6.23. The third kappa shape index (κ3) is 5.36. The van der Waals surface area contributed by atoms with Crippen molar-refractivity contribution in [2.24, 2.45) is 9.98 Å². The molecule has 0 saturated carbocycles. The molecule has 0 spiro atoms. The van der Waals surface area contributed by atoms with Gasteiger partial charge in [-0.3, -0.25) is 0 Å². The summed E-state index contributed by atoms with van der Waals surface area (Å²) in [6, 6.07) is 68.8. The van der Waals surface area contributed by atoms with E-state index in [-0.39, 0.29) is 11.6 Å². The standard InChI is InChI=1S/C60H40N4O2/c1-60(2)47-21-9-6-16-40(47)41-29-26-37(33-48(41)60)58-61-57(35-14-4-3-5-15-35)62-59(63-58)45-20-13-25-53-56(45)46-32-36(27-31-51(46)65-53)39-19-12-24-52-55(39)44-30-28-38(34-54(44)66-52)64-49-22-10-7-17-42(49)43-18-8-11-23-50(43)64/h3-34,57H,1-2H3,(H,61,62,63). The summed E-state index contributed by atoms with van der Waals surface area (Å²) >= 11 is 0. The molecule has 6 heteroatoms. The molecule has 1 aliphatic carbocycles. The molecular weight excluding hydrogens is 809 g/mol. The second-order valence-electron chi connectivity index (χ2n) is 18.1. The molecule has 1 unspecified atom stereocenters. The molecule has 3 aromatic heterocycles. The van der Waals surface area contributed by atoms with Crippen molar-refractivity contribution in [3.63, 3.8) is 0 Å². The number of aromatic nitrogens is 1. The normalized spacial score (nSPS) is 15.4. The number of benzene rings is 9. The summed E-state index contributed by atoms with van der Waals surface area (Å²) in [7, 11) is 0. The monoisotopic (exact) mass is 848 g/mol. The molecule has 0 saturated heterocycles. The highest BCUT2D eigenvalue weighted by Gasteiger charge is 2.36. The molecule has 0 amide bonds. The summed E-state index contributed by atoms with van der Waals surface area (Å²) in [4.78, 5) is 10.6. The first-order chi connectivity index (χ1) is 32.5. The van der Waals surface area contributed by atoms with Crippen LogP contribution in [0.25, 0.3) is 93.6 Å². The van der Waals surface area contributed by atoms with Crippen LogP contribution in [0.15, 0.2) is 213 Å². The maximum Gasteiger partial charge on any atom is 0.159 e. The van der Waals surface area contributed by atoms with Crippen LogP contribution in [0, 0.1) is 0 Å². The Morgan fingerprint density at radius 3 is 1.92 bits per heavy atom. The molecule has 0 bridgehead atoms. The first-order valence-electron chi connectivity index (χ1n) is 22.6. The number of amidine groups is 2. The number of hydrogen-bond acceptors (Lipinski definition) is 5. The molecule has 312 valence electrons. The predicted octanol–water partition coefficient (Wildman–Crippen LogP) is 15.1. The fourth-order valence-electron chi connectivity index (χ4n) is 11.0. The first-order valence-corrected chi connectivity index (χ1v) is 22.6. The Bertz CT molecular complexity index is 4020. The van der Waals surface area contributed by atoms with Gasteiger partial charge in [0.05, 0.1) is 11.0 Å². The molecule has 2 aliphatic rings. The van der Waals surface area contributed by atoms with Crippen molar-refractivity contribution in [3.8, 4) is 27.9 Å². The van der Waals surface area contributed by atoms with Crippen molar-refractivity contribution in [3.05, 3.63) is 222 Å². The summed E-state index contributed by atoms with van der Waals surface area (Å²) < 4.78 is 15.7. The predicted molar refractivity (Wildman–Crippen MR) is 270 cm³/mol. The van der Waals surface area contributed by atoms with Gasteiger partial charge < -0.3 is 18.7 Å². The van der Waals surface area contributed by atoms with Crippen LogP contribution in [0.4, 0.5) is 0 Å². The minimum atomic E-state index is -0.349. The molecule has 12 aromatic rings. The van der Waals surface area contributed by atoms with Crippen molar-refractivity contribution >= 4 is 77.4 Å². The Morgan fingerprint density at radius 1 is 0.470 bits per heavy atom. The zero-order valence-corrected chi connectivity index (χ0v) is 36.2. The molecule has 4 heterocycles. The van der Waals surface area contributed by atoms with Crippen molar-refractivity contribution < 1.29 is 8.83 Å². The second kappa shape index (κ2) is 13.8. The Labute approximate surface area is 379 Å². The summed E-state index contributed by atoms with van der Waals surface area (Å²) in [5, 5.41) is 10.4. The van der Waals surface area contributed by atoms with Crippen molar-refractivity contribution in [2.45, 2.75) is 25.4 Å². The summed E-state index contributed by atoms with van der Waals surface area (Å²) in [5.74, 6) is 1.44. The number of nitrogens with one attached hydrogen (secondary N) is 1. The van der Waals surface area contributed by atoms with Crippen LogP contribution < -0.4 is 5.32 Å². The fraction of sp³-hybridized carbons (Fsp3) is 0.0667. The van der Waals surface area contributed by atoms with E-state index in [1.807, 2.05) is 12.1 Å². The van der Waals surface area contributed by atoms with E-state index in [1.54, 1.807) is 0 Å². The number of furan rings is 2. The SMILES string of the molecule is CC1(C)c2ccccc2-c2ccc(C3=NC(c4ccccc4)NC(c4cccc5oc6ccc(-c7cccc8oc9cc(-n%10c%11ccccc%11c%11ccccc%11%10)ccc9c78)cc6c45)=N3)cc21. The lowest BCUT2D eigenvalue weighted by molar-refractivity contribution is 0.659. The summed E-state index contributed by atoms with van der Waals surface area (Å²) in [6.45, 7) is 4.62. The van der Waals surface area contributed by atoms with Gasteiger partial charge in [-0.05, 0) is 93.5 Å². The first kappa shape index (κ1) is 36.9. The maximum atomic E-state index is 6.70. The van der Waals surface area contributed by atoms with Crippen LogP contribution in [0.1, 0.15) is 47.8 Å². The summed E-state index contributed by atoms with van der Waals surface area (Å²) in [5.41, 5.74) is 16.9. The molecular formula is C60H40N4O2. The van der Waals surface area contributed by atoms with Crippen molar-refractivity contribution in [1.82, 2.24) is 9.88 Å². The quantitative estimate of drug-likeness (QED) is 0.188. The lowest BCUT2D eigenvalue weighted by atomic mass is 9.82. The molecule has 66 heavy (non-hydrogen) atoms. The van der Waals surface area contributed by atoms with E-state index < -0.39 is 0 Å². The van der Waals surface area contributed by atoms with Crippen molar-refractivity contribution in [2.75, 3.05) is 0 Å². The van der Waals surface area contributed by atoms with Gasteiger partial charge in [0.1, 0.15) is 34.3 Å². The Kier molecular flexibility index (Phi) is 7.70. The van der Waals surface area contributed by atoms with E-state index in [2.05, 4.69) is 206 Å². The van der Waals surface area contributed by atoms with Gasteiger partial charge >= 0.3 is 0 Å². The lowest BCUT2D eigenvalue weighted by Crippen LogP contribution is -2.33. The molecule has 14 rings (SSSR count). The van der Waals surface area contributed by atoms with Crippen LogP contribution in [0.3, 0.4) is 0 Å². The zero-order valence-electron chi connectivity index (χ0n) is 36.2. The smallest absolute Gasteiger partial charge is 0.159 e. The van der Waals surface area contributed by atoms with Gasteiger partial charge in [0.15, 0.2) is 5.84 Å².